The molecule has 216 valence electrons. The minimum Gasteiger partial charge on any atom is -0.444 e. The van der Waals surface area contributed by atoms with Crippen LogP contribution < -0.4 is 16.0 Å². The number of fused-ring (bicyclic) bond motifs is 1. The smallest absolute Gasteiger partial charge is 0.433 e. The standard InChI is InChI=1S/C27H32ClF3N6O3/c1-26(2,3)40-25(39)36-22(15-37-12-4-11-32-37)24(38)34-18-8-6-17(7-9-18)33-21-14-23(27(29,30)31)35-20-10-5-16(28)13-19(20)21/h4-5,10-14,17-18,22H,6-9,15H2,1-3H3,(H,33,35)(H,34,38)(H,36,39). The summed E-state index contributed by atoms with van der Waals surface area (Å²) in [5, 5.41) is 13.9. The van der Waals surface area contributed by atoms with Gasteiger partial charge in [0.15, 0.2) is 0 Å². The molecule has 2 aromatic heterocycles. The molecule has 3 aromatic rings. The van der Waals surface area contributed by atoms with Crippen LogP contribution in [0, 0.1) is 0 Å². The minimum atomic E-state index is -4.59. The highest BCUT2D eigenvalue weighted by atomic mass is 35.5. The number of rotatable bonds is 7. The number of alkyl carbamates (subject to hydrolysis) is 1. The van der Waals surface area contributed by atoms with E-state index >= 15 is 0 Å². The molecule has 13 heteroatoms. The van der Waals surface area contributed by atoms with Crippen molar-refractivity contribution in [3.05, 3.63) is 53.4 Å². The topological polar surface area (TPSA) is 110 Å². The van der Waals surface area contributed by atoms with Gasteiger partial charge < -0.3 is 20.7 Å². The van der Waals surface area contributed by atoms with Gasteiger partial charge in [0.25, 0.3) is 0 Å². The molecule has 1 saturated carbocycles. The molecule has 1 aliphatic carbocycles. The first-order valence-corrected chi connectivity index (χ1v) is 13.4. The lowest BCUT2D eigenvalue weighted by molar-refractivity contribution is -0.140. The summed E-state index contributed by atoms with van der Waals surface area (Å²) in [6, 6.07) is 6.10. The predicted molar refractivity (Wildman–Crippen MR) is 145 cm³/mol. The SMILES string of the molecule is CC(C)(C)OC(=O)NC(Cn1cccn1)C(=O)NC1CCC(Nc2cc(C(F)(F)F)nc3ccc(Cl)cc23)CC1. The van der Waals surface area contributed by atoms with Gasteiger partial charge in [-0.15, -0.1) is 0 Å². The molecule has 4 rings (SSSR count). The first kappa shape index (κ1) is 29.4. The second-order valence-electron chi connectivity index (χ2n) is 10.8. The van der Waals surface area contributed by atoms with E-state index in [2.05, 4.69) is 26.0 Å². The second kappa shape index (κ2) is 11.9. The number of nitrogens with zero attached hydrogens (tertiary/aromatic N) is 3. The van der Waals surface area contributed by atoms with Crippen LogP contribution in [0.1, 0.15) is 52.1 Å². The molecule has 1 aromatic carbocycles. The molecule has 1 unspecified atom stereocenters. The molecule has 0 spiro atoms. The van der Waals surface area contributed by atoms with Gasteiger partial charge in [0.1, 0.15) is 17.3 Å². The Labute approximate surface area is 234 Å². The monoisotopic (exact) mass is 580 g/mol. The van der Waals surface area contributed by atoms with E-state index in [0.717, 1.165) is 6.07 Å². The van der Waals surface area contributed by atoms with E-state index in [-0.39, 0.29) is 30.1 Å². The fraction of sp³-hybridized carbons (Fsp3) is 0.481. The number of hydrogen-bond donors (Lipinski definition) is 3. The summed E-state index contributed by atoms with van der Waals surface area (Å²) in [6.45, 7) is 5.31. The van der Waals surface area contributed by atoms with Crippen molar-refractivity contribution in [2.75, 3.05) is 5.32 Å². The second-order valence-corrected chi connectivity index (χ2v) is 11.3. The van der Waals surface area contributed by atoms with Crippen LogP contribution >= 0.6 is 11.6 Å². The molecule has 2 heterocycles. The number of pyridine rings is 1. The zero-order chi connectivity index (χ0) is 29.1. The highest BCUT2D eigenvalue weighted by molar-refractivity contribution is 6.31. The van der Waals surface area contributed by atoms with Gasteiger partial charge in [0.2, 0.25) is 5.91 Å². The Kier molecular flexibility index (Phi) is 8.77. The van der Waals surface area contributed by atoms with Crippen LogP contribution in [-0.2, 0) is 22.3 Å². The van der Waals surface area contributed by atoms with Crippen molar-refractivity contribution < 1.29 is 27.5 Å². The Hall–Kier alpha value is -3.54. The molecular formula is C27H32ClF3N6O3. The zero-order valence-corrected chi connectivity index (χ0v) is 23.1. The fourth-order valence-corrected chi connectivity index (χ4v) is 4.78. The van der Waals surface area contributed by atoms with Crippen LogP contribution in [-0.4, -0.2) is 50.5 Å². The van der Waals surface area contributed by atoms with Gasteiger partial charge in [0.05, 0.1) is 12.1 Å². The zero-order valence-electron chi connectivity index (χ0n) is 22.4. The van der Waals surface area contributed by atoms with E-state index in [1.807, 2.05) is 0 Å². The Morgan fingerprint density at radius 3 is 2.45 bits per heavy atom. The lowest BCUT2D eigenvalue weighted by atomic mass is 9.90. The maximum absolute atomic E-state index is 13.5. The van der Waals surface area contributed by atoms with Gasteiger partial charge in [-0.3, -0.25) is 9.48 Å². The third-order valence-electron chi connectivity index (χ3n) is 6.43. The fourth-order valence-electron chi connectivity index (χ4n) is 4.61. The lowest BCUT2D eigenvalue weighted by Gasteiger charge is -2.32. The number of anilines is 1. The molecule has 1 fully saturated rings. The van der Waals surface area contributed by atoms with E-state index in [4.69, 9.17) is 16.3 Å². The van der Waals surface area contributed by atoms with Gasteiger partial charge in [0, 0.05) is 40.6 Å². The summed E-state index contributed by atoms with van der Waals surface area (Å²) in [4.78, 5) is 29.3. The van der Waals surface area contributed by atoms with E-state index in [0.29, 0.717) is 41.8 Å². The largest absolute Gasteiger partial charge is 0.444 e. The Morgan fingerprint density at radius 2 is 1.82 bits per heavy atom. The number of carbonyl (C=O) groups is 2. The Morgan fingerprint density at radius 1 is 1.12 bits per heavy atom. The highest BCUT2D eigenvalue weighted by Gasteiger charge is 2.34. The maximum atomic E-state index is 13.5. The third-order valence-corrected chi connectivity index (χ3v) is 6.67. The van der Waals surface area contributed by atoms with Crippen molar-refractivity contribution in [3.63, 3.8) is 0 Å². The number of halogens is 4. The number of hydrogen-bond acceptors (Lipinski definition) is 6. The molecule has 2 amide bonds. The average molecular weight is 581 g/mol. The van der Waals surface area contributed by atoms with Crippen molar-refractivity contribution in [2.24, 2.45) is 0 Å². The van der Waals surface area contributed by atoms with Crippen LogP contribution in [0.15, 0.2) is 42.7 Å². The molecule has 1 atom stereocenters. The summed E-state index contributed by atoms with van der Waals surface area (Å²) in [6.07, 6.45) is 0.380. The summed E-state index contributed by atoms with van der Waals surface area (Å²) in [7, 11) is 0. The van der Waals surface area contributed by atoms with Crippen LogP contribution in [0.4, 0.5) is 23.7 Å². The molecule has 40 heavy (non-hydrogen) atoms. The molecule has 1 aliphatic rings. The molecule has 0 aliphatic heterocycles. The van der Waals surface area contributed by atoms with Crippen LogP contribution in [0.5, 0.6) is 0 Å². The van der Waals surface area contributed by atoms with E-state index < -0.39 is 29.6 Å². The molecule has 0 radical (unpaired) electrons. The number of carbonyl (C=O) groups excluding carboxylic acids is 2. The van der Waals surface area contributed by atoms with Gasteiger partial charge in [-0.05, 0) is 76.8 Å². The predicted octanol–water partition coefficient (Wildman–Crippen LogP) is 5.54. The Balaban J connectivity index is 1.39. The number of nitrogens with one attached hydrogen (secondary N) is 3. The lowest BCUT2D eigenvalue weighted by Crippen LogP contribution is -2.53. The van der Waals surface area contributed by atoms with Crippen molar-refractivity contribution in [3.8, 4) is 0 Å². The number of ether oxygens (including phenoxy) is 1. The van der Waals surface area contributed by atoms with Gasteiger partial charge >= 0.3 is 12.3 Å². The number of aromatic nitrogens is 3. The molecular weight excluding hydrogens is 549 g/mol. The quantitative estimate of drug-likeness (QED) is 0.339. The molecule has 0 bridgehead atoms. The third kappa shape index (κ3) is 8.00. The maximum Gasteiger partial charge on any atom is 0.433 e. The van der Waals surface area contributed by atoms with Crippen molar-refractivity contribution in [1.29, 1.82) is 0 Å². The highest BCUT2D eigenvalue weighted by Crippen LogP contribution is 2.35. The van der Waals surface area contributed by atoms with Gasteiger partial charge in [-0.25, -0.2) is 9.78 Å². The molecule has 0 saturated heterocycles. The summed E-state index contributed by atoms with van der Waals surface area (Å²) in [5.74, 6) is -0.373. The first-order valence-electron chi connectivity index (χ1n) is 13.0. The van der Waals surface area contributed by atoms with E-state index in [1.165, 1.54) is 12.1 Å². The van der Waals surface area contributed by atoms with Crippen LogP contribution in [0.25, 0.3) is 10.9 Å². The Bertz CT molecular complexity index is 1340. The normalized spacial score (nSPS) is 18.7. The van der Waals surface area contributed by atoms with Crippen molar-refractivity contribution in [1.82, 2.24) is 25.4 Å². The minimum absolute atomic E-state index is 0.112. The molecule has 3 N–H and O–H groups in total. The summed E-state index contributed by atoms with van der Waals surface area (Å²) < 4.78 is 47.3. The summed E-state index contributed by atoms with van der Waals surface area (Å²) in [5.41, 5.74) is -1.20. The van der Waals surface area contributed by atoms with Gasteiger partial charge in [-0.1, -0.05) is 11.6 Å². The number of alkyl halides is 3. The average Bonchev–Trinajstić information content (AvgIpc) is 3.36. The van der Waals surface area contributed by atoms with Crippen LogP contribution in [0.3, 0.4) is 0 Å². The van der Waals surface area contributed by atoms with E-state index in [1.54, 1.807) is 50.0 Å². The molecule has 9 nitrogen and oxygen atoms in total. The van der Waals surface area contributed by atoms with E-state index in [9.17, 15) is 22.8 Å². The van der Waals surface area contributed by atoms with Crippen molar-refractivity contribution in [2.45, 2.75) is 82.9 Å². The number of benzene rings is 1. The van der Waals surface area contributed by atoms with Crippen LogP contribution in [0.2, 0.25) is 5.02 Å². The summed E-state index contributed by atoms with van der Waals surface area (Å²) >= 11 is 6.11. The van der Waals surface area contributed by atoms with Crippen molar-refractivity contribution >= 4 is 40.2 Å². The number of amides is 2. The first-order chi connectivity index (χ1) is 18.8. The van der Waals surface area contributed by atoms with Gasteiger partial charge in [-0.2, -0.15) is 18.3 Å².